The average Bonchev–Trinajstić information content (AvgIpc) is 2.80. The molecule has 0 aliphatic rings. The monoisotopic (exact) mass is 508 g/mol. The third-order valence-corrected chi connectivity index (χ3v) is 8.02. The Kier molecular flexibility index (Phi) is 8.87. The first-order valence-corrected chi connectivity index (χ1v) is 13.1. The summed E-state index contributed by atoms with van der Waals surface area (Å²) in [5.74, 6) is 0.862. The molecule has 0 aliphatic heterocycles. The fourth-order valence-corrected chi connectivity index (χ4v) is 5.96. The van der Waals surface area contributed by atoms with Crippen LogP contribution in [0.25, 0.3) is 0 Å². The van der Waals surface area contributed by atoms with Crippen LogP contribution in [0.5, 0.6) is 0 Å². The van der Waals surface area contributed by atoms with Crippen LogP contribution in [-0.2, 0) is 20.6 Å². The van der Waals surface area contributed by atoms with Crippen molar-refractivity contribution in [2.45, 2.75) is 10.6 Å². The number of rotatable bonds is 10. The van der Waals surface area contributed by atoms with Crippen molar-refractivity contribution in [1.29, 1.82) is 0 Å². The Morgan fingerprint density at radius 1 is 0.875 bits per heavy atom. The van der Waals surface area contributed by atoms with Crippen molar-refractivity contribution < 1.29 is 13.2 Å². The van der Waals surface area contributed by atoms with Crippen LogP contribution in [0.2, 0.25) is 10.0 Å². The minimum Gasteiger partial charge on any atom is -0.354 e. The minimum absolute atomic E-state index is 0.129. The maximum Gasteiger partial charge on any atom is 0.264 e. The van der Waals surface area contributed by atoms with Crippen molar-refractivity contribution in [2.24, 2.45) is 0 Å². The number of anilines is 1. The second kappa shape index (κ2) is 11.6. The van der Waals surface area contributed by atoms with E-state index in [2.05, 4.69) is 5.32 Å². The van der Waals surface area contributed by atoms with E-state index >= 15 is 0 Å². The first-order chi connectivity index (χ1) is 15.4. The number of hydrogen-bond donors (Lipinski definition) is 1. The molecular weight excluding hydrogens is 487 g/mol. The molecule has 0 heterocycles. The maximum absolute atomic E-state index is 13.2. The Balaban J connectivity index is 1.60. The Bertz CT molecular complexity index is 1120. The predicted molar refractivity (Wildman–Crippen MR) is 133 cm³/mol. The lowest BCUT2D eigenvalue weighted by atomic mass is 10.2. The van der Waals surface area contributed by atoms with Gasteiger partial charge in [-0.1, -0.05) is 65.7 Å². The number of carbonyl (C=O) groups excluding carboxylic acids is 1. The molecule has 0 aromatic heterocycles. The quantitative estimate of drug-likeness (QED) is 0.380. The van der Waals surface area contributed by atoms with Gasteiger partial charge in [-0.3, -0.25) is 9.10 Å². The Hall–Kier alpha value is -2.19. The highest BCUT2D eigenvalue weighted by molar-refractivity contribution is 7.98. The number of thioether (sulfide) groups is 1. The van der Waals surface area contributed by atoms with E-state index in [-0.39, 0.29) is 17.3 Å². The Morgan fingerprint density at radius 3 is 2.09 bits per heavy atom. The molecule has 0 spiro atoms. The number of benzene rings is 3. The molecule has 1 amide bonds. The van der Waals surface area contributed by atoms with Crippen molar-refractivity contribution >= 4 is 56.6 Å². The van der Waals surface area contributed by atoms with Crippen LogP contribution in [0.4, 0.5) is 5.69 Å². The molecule has 5 nitrogen and oxygen atoms in total. The second-order valence-corrected chi connectivity index (χ2v) is 10.5. The van der Waals surface area contributed by atoms with Crippen molar-refractivity contribution in [3.63, 3.8) is 0 Å². The van der Waals surface area contributed by atoms with Gasteiger partial charge in [-0.15, -0.1) is 0 Å². The summed E-state index contributed by atoms with van der Waals surface area (Å²) in [7, 11) is -3.89. The van der Waals surface area contributed by atoms with Crippen LogP contribution in [0.3, 0.4) is 0 Å². The smallest absolute Gasteiger partial charge is 0.264 e. The van der Waals surface area contributed by atoms with Gasteiger partial charge in [0, 0.05) is 28.1 Å². The number of para-hydroxylation sites is 1. The number of nitrogens with zero attached hydrogens (tertiary/aromatic N) is 1. The van der Waals surface area contributed by atoms with E-state index in [0.29, 0.717) is 33.8 Å². The third kappa shape index (κ3) is 6.42. The number of sulfonamides is 1. The van der Waals surface area contributed by atoms with Crippen molar-refractivity contribution in [1.82, 2.24) is 5.32 Å². The summed E-state index contributed by atoms with van der Waals surface area (Å²) < 4.78 is 27.5. The molecule has 9 heteroatoms. The van der Waals surface area contributed by atoms with E-state index < -0.39 is 10.0 Å². The summed E-state index contributed by atoms with van der Waals surface area (Å²) in [4.78, 5) is 12.7. The normalized spacial score (nSPS) is 11.2. The number of amides is 1. The second-order valence-electron chi connectivity index (χ2n) is 6.76. The molecule has 168 valence electrons. The van der Waals surface area contributed by atoms with Gasteiger partial charge < -0.3 is 5.32 Å². The molecule has 3 aromatic carbocycles. The van der Waals surface area contributed by atoms with Gasteiger partial charge in [0.1, 0.15) is 6.54 Å². The van der Waals surface area contributed by atoms with E-state index in [4.69, 9.17) is 23.2 Å². The zero-order chi connectivity index (χ0) is 23.0. The van der Waals surface area contributed by atoms with Crippen molar-refractivity contribution in [2.75, 3.05) is 23.1 Å². The highest BCUT2D eigenvalue weighted by Gasteiger charge is 2.26. The summed E-state index contributed by atoms with van der Waals surface area (Å²) in [5.41, 5.74) is 1.28. The van der Waals surface area contributed by atoms with E-state index in [1.807, 2.05) is 0 Å². The first-order valence-electron chi connectivity index (χ1n) is 9.80. The Morgan fingerprint density at radius 2 is 1.47 bits per heavy atom. The van der Waals surface area contributed by atoms with Crippen LogP contribution >= 0.6 is 35.0 Å². The largest absolute Gasteiger partial charge is 0.354 e. The van der Waals surface area contributed by atoms with Crippen molar-refractivity contribution in [3.05, 3.63) is 94.5 Å². The molecule has 3 rings (SSSR count). The molecule has 0 saturated carbocycles. The highest BCUT2D eigenvalue weighted by Crippen LogP contribution is 2.28. The first kappa shape index (κ1) is 24.5. The van der Waals surface area contributed by atoms with Gasteiger partial charge in [-0.05, 0) is 42.0 Å². The zero-order valence-corrected chi connectivity index (χ0v) is 20.2. The van der Waals surface area contributed by atoms with E-state index in [1.165, 1.54) is 12.1 Å². The molecule has 3 aromatic rings. The lowest BCUT2D eigenvalue weighted by Gasteiger charge is -2.24. The predicted octanol–water partition coefficient (Wildman–Crippen LogP) is 5.24. The van der Waals surface area contributed by atoms with Gasteiger partial charge >= 0.3 is 0 Å². The van der Waals surface area contributed by atoms with Crippen LogP contribution < -0.4 is 9.62 Å². The molecule has 0 aliphatic carbocycles. The highest BCUT2D eigenvalue weighted by atomic mass is 35.5. The van der Waals surface area contributed by atoms with Gasteiger partial charge in [0.25, 0.3) is 10.0 Å². The van der Waals surface area contributed by atoms with Gasteiger partial charge in [0.2, 0.25) is 5.91 Å². The minimum atomic E-state index is -3.89. The third-order valence-electron chi connectivity index (χ3n) is 4.54. The molecule has 0 unspecified atom stereocenters. The molecule has 1 N–H and O–H groups in total. The fourth-order valence-electron chi connectivity index (χ4n) is 2.92. The molecular formula is C23H22Cl2N2O3S2. The topological polar surface area (TPSA) is 66.5 Å². The van der Waals surface area contributed by atoms with E-state index in [0.717, 1.165) is 9.87 Å². The van der Waals surface area contributed by atoms with Gasteiger partial charge in [-0.2, -0.15) is 11.8 Å². The molecule has 0 atom stereocenters. The fraction of sp³-hybridized carbons (Fsp3) is 0.174. The number of hydrogen-bond acceptors (Lipinski definition) is 4. The summed E-state index contributed by atoms with van der Waals surface area (Å²) in [6, 6.07) is 22.0. The lowest BCUT2D eigenvalue weighted by molar-refractivity contribution is -0.119. The van der Waals surface area contributed by atoms with Gasteiger partial charge in [0.15, 0.2) is 0 Å². The van der Waals surface area contributed by atoms with Gasteiger partial charge in [-0.25, -0.2) is 8.42 Å². The molecule has 0 saturated heterocycles. The average molecular weight is 509 g/mol. The lowest BCUT2D eigenvalue weighted by Crippen LogP contribution is -2.41. The van der Waals surface area contributed by atoms with Gasteiger partial charge in [0.05, 0.1) is 10.6 Å². The maximum atomic E-state index is 13.2. The summed E-state index contributed by atoms with van der Waals surface area (Å²) in [6.07, 6.45) is 0. The number of carbonyl (C=O) groups is 1. The van der Waals surface area contributed by atoms with Crippen LogP contribution in [0, 0.1) is 0 Å². The summed E-state index contributed by atoms with van der Waals surface area (Å²) >= 11 is 13.9. The van der Waals surface area contributed by atoms with Crippen LogP contribution in [0.1, 0.15) is 5.56 Å². The molecule has 0 radical (unpaired) electrons. The number of halogens is 2. The molecule has 0 bridgehead atoms. The standard InChI is InChI=1S/C23H22Cl2N2O3S2/c24-21-12-7-13-22(25)20(21)17-31-15-14-26-23(28)16-27(18-8-3-1-4-9-18)32(29,30)19-10-5-2-6-11-19/h1-13H,14-17H2,(H,26,28). The number of nitrogens with one attached hydrogen (secondary N) is 1. The van der Waals surface area contributed by atoms with Crippen LogP contribution in [0.15, 0.2) is 83.8 Å². The van der Waals surface area contributed by atoms with E-state index in [1.54, 1.807) is 78.5 Å². The van der Waals surface area contributed by atoms with Crippen molar-refractivity contribution in [3.8, 4) is 0 Å². The molecule has 0 fully saturated rings. The van der Waals surface area contributed by atoms with Crippen LogP contribution in [-0.4, -0.2) is 33.2 Å². The van der Waals surface area contributed by atoms with E-state index in [9.17, 15) is 13.2 Å². The Labute approximate surface area is 202 Å². The zero-order valence-electron chi connectivity index (χ0n) is 17.1. The summed E-state index contributed by atoms with van der Waals surface area (Å²) in [5, 5.41) is 4.01. The summed E-state index contributed by atoms with van der Waals surface area (Å²) in [6.45, 7) is 0.0713. The SMILES string of the molecule is O=C(CN(c1ccccc1)S(=O)(=O)c1ccccc1)NCCSCc1c(Cl)cccc1Cl. The molecule has 32 heavy (non-hydrogen) atoms.